The Kier molecular flexibility index (Phi) is 6.24. The van der Waals surface area contributed by atoms with Crippen LogP contribution in [-0.4, -0.2) is 38.6 Å². The molecule has 0 aliphatic heterocycles. The third-order valence-electron chi connectivity index (χ3n) is 3.55. The zero-order chi connectivity index (χ0) is 20.2. The highest BCUT2D eigenvalue weighted by molar-refractivity contribution is 7.89. The van der Waals surface area contributed by atoms with Gasteiger partial charge < -0.3 is 0 Å². The summed E-state index contributed by atoms with van der Waals surface area (Å²) < 4.78 is 51.8. The summed E-state index contributed by atoms with van der Waals surface area (Å²) in [5.74, 6) is -3.03. The van der Waals surface area contributed by atoms with Crippen LogP contribution in [0.1, 0.15) is 15.9 Å². The van der Waals surface area contributed by atoms with E-state index in [1.165, 1.54) is 38.4 Å². The van der Waals surface area contributed by atoms with Crippen molar-refractivity contribution in [3.05, 3.63) is 65.2 Å². The van der Waals surface area contributed by atoms with Crippen molar-refractivity contribution >= 4 is 21.8 Å². The molecule has 0 atom stereocenters. The average Bonchev–Trinajstić information content (AvgIpc) is 2.61. The molecule has 0 heterocycles. The summed E-state index contributed by atoms with van der Waals surface area (Å²) >= 11 is 0. The highest BCUT2D eigenvalue weighted by Gasteiger charge is 2.21. The van der Waals surface area contributed by atoms with E-state index in [0.717, 1.165) is 22.5 Å². The van der Waals surface area contributed by atoms with E-state index >= 15 is 0 Å². The molecule has 144 valence electrons. The molecule has 0 aromatic heterocycles. The summed E-state index contributed by atoms with van der Waals surface area (Å²) in [4.78, 5) is 23.6. The standard InChI is InChI=1S/C17H17F2N3O4S/c1-22(2)27(25,26)13-7-8-15(19)14(10-13)17(24)21-20-16(23)9-11-3-5-12(18)6-4-11/h3-8,10H,9H2,1-2H3,(H,20,23)(H,21,24). The SMILES string of the molecule is CN(C)S(=O)(=O)c1ccc(F)c(C(=O)NNC(=O)Cc2ccc(F)cc2)c1. The second-order valence-electron chi connectivity index (χ2n) is 5.73. The first-order chi connectivity index (χ1) is 12.6. The predicted molar refractivity (Wildman–Crippen MR) is 93.0 cm³/mol. The lowest BCUT2D eigenvalue weighted by atomic mass is 10.1. The number of amides is 2. The number of hydrazine groups is 1. The predicted octanol–water partition coefficient (Wildman–Crippen LogP) is 1.22. The number of nitrogens with zero attached hydrogens (tertiary/aromatic N) is 1. The van der Waals surface area contributed by atoms with Crippen LogP contribution >= 0.6 is 0 Å². The lowest BCUT2D eigenvalue weighted by Crippen LogP contribution is -2.42. The molecule has 10 heteroatoms. The molecule has 0 saturated carbocycles. The molecule has 2 aromatic carbocycles. The number of hydrogen-bond donors (Lipinski definition) is 2. The van der Waals surface area contributed by atoms with Gasteiger partial charge in [-0.2, -0.15) is 0 Å². The molecule has 0 bridgehead atoms. The van der Waals surface area contributed by atoms with E-state index in [4.69, 9.17) is 0 Å². The van der Waals surface area contributed by atoms with E-state index in [1.54, 1.807) is 0 Å². The third-order valence-corrected chi connectivity index (χ3v) is 5.37. The van der Waals surface area contributed by atoms with Crippen molar-refractivity contribution in [2.24, 2.45) is 0 Å². The molecule has 0 spiro atoms. The number of hydrogen-bond acceptors (Lipinski definition) is 4. The van der Waals surface area contributed by atoms with Crippen LogP contribution in [0.2, 0.25) is 0 Å². The Balaban J connectivity index is 2.07. The first kappa shape index (κ1) is 20.5. The minimum atomic E-state index is -3.86. The van der Waals surface area contributed by atoms with Crippen LogP contribution in [-0.2, 0) is 21.2 Å². The van der Waals surface area contributed by atoms with Crippen molar-refractivity contribution in [3.63, 3.8) is 0 Å². The van der Waals surface area contributed by atoms with E-state index in [2.05, 4.69) is 5.43 Å². The van der Waals surface area contributed by atoms with Gasteiger partial charge in [0.2, 0.25) is 15.9 Å². The molecule has 0 fully saturated rings. The van der Waals surface area contributed by atoms with Crippen molar-refractivity contribution in [3.8, 4) is 0 Å². The van der Waals surface area contributed by atoms with E-state index < -0.39 is 39.0 Å². The Morgan fingerprint density at radius 2 is 1.63 bits per heavy atom. The van der Waals surface area contributed by atoms with E-state index in [1.807, 2.05) is 5.43 Å². The molecule has 2 rings (SSSR count). The fraction of sp³-hybridized carbons (Fsp3) is 0.176. The zero-order valence-corrected chi connectivity index (χ0v) is 15.3. The van der Waals surface area contributed by atoms with Gasteiger partial charge >= 0.3 is 0 Å². The fourth-order valence-corrected chi connectivity index (χ4v) is 3.00. The molecule has 7 nitrogen and oxygen atoms in total. The van der Waals surface area contributed by atoms with Gasteiger partial charge in [-0.05, 0) is 35.9 Å². The van der Waals surface area contributed by atoms with Gasteiger partial charge in [-0.3, -0.25) is 20.4 Å². The van der Waals surface area contributed by atoms with Gasteiger partial charge in [-0.15, -0.1) is 0 Å². The Morgan fingerprint density at radius 3 is 2.22 bits per heavy atom. The van der Waals surface area contributed by atoms with Gasteiger partial charge in [0.05, 0.1) is 16.9 Å². The van der Waals surface area contributed by atoms with Crippen LogP contribution in [0.15, 0.2) is 47.4 Å². The molecule has 0 aliphatic carbocycles. The molecule has 0 radical (unpaired) electrons. The van der Waals surface area contributed by atoms with Crippen LogP contribution in [0.25, 0.3) is 0 Å². The monoisotopic (exact) mass is 397 g/mol. The molecule has 0 unspecified atom stereocenters. The van der Waals surface area contributed by atoms with Gasteiger partial charge in [0.15, 0.2) is 0 Å². The van der Waals surface area contributed by atoms with Gasteiger partial charge in [0, 0.05) is 14.1 Å². The fourth-order valence-electron chi connectivity index (χ4n) is 2.08. The summed E-state index contributed by atoms with van der Waals surface area (Å²) in [5, 5.41) is 0. The van der Waals surface area contributed by atoms with Crippen LogP contribution < -0.4 is 10.9 Å². The normalized spacial score (nSPS) is 11.3. The number of benzene rings is 2. The number of carbonyl (C=O) groups is 2. The van der Waals surface area contributed by atoms with Crippen molar-refractivity contribution in [2.45, 2.75) is 11.3 Å². The molecular formula is C17H17F2N3O4S. The zero-order valence-electron chi connectivity index (χ0n) is 14.5. The van der Waals surface area contributed by atoms with Gasteiger partial charge in [0.25, 0.3) is 5.91 Å². The van der Waals surface area contributed by atoms with Gasteiger partial charge in [-0.25, -0.2) is 21.5 Å². The molecular weight excluding hydrogens is 380 g/mol. The minimum Gasteiger partial charge on any atom is -0.273 e. The Bertz CT molecular complexity index is 961. The topological polar surface area (TPSA) is 95.6 Å². The number of nitrogens with one attached hydrogen (secondary N) is 2. The number of halogens is 2. The van der Waals surface area contributed by atoms with Gasteiger partial charge in [0.1, 0.15) is 11.6 Å². The lowest BCUT2D eigenvalue weighted by Gasteiger charge is -2.13. The smallest absolute Gasteiger partial charge is 0.272 e. The molecule has 2 aromatic rings. The lowest BCUT2D eigenvalue weighted by molar-refractivity contribution is -0.121. The minimum absolute atomic E-state index is 0.141. The van der Waals surface area contributed by atoms with Crippen molar-refractivity contribution in [1.82, 2.24) is 15.2 Å². The highest BCUT2D eigenvalue weighted by Crippen LogP contribution is 2.17. The molecule has 2 amide bonds. The third kappa shape index (κ3) is 5.08. The maximum atomic E-state index is 13.9. The number of sulfonamides is 1. The summed E-state index contributed by atoms with van der Waals surface area (Å²) in [5.41, 5.74) is 4.08. The largest absolute Gasteiger partial charge is 0.273 e. The summed E-state index contributed by atoms with van der Waals surface area (Å²) in [6.45, 7) is 0. The maximum absolute atomic E-state index is 13.9. The summed E-state index contributed by atoms with van der Waals surface area (Å²) in [6.07, 6.45) is -0.141. The average molecular weight is 397 g/mol. The second kappa shape index (κ2) is 8.23. The van der Waals surface area contributed by atoms with E-state index in [9.17, 15) is 26.8 Å². The van der Waals surface area contributed by atoms with Crippen LogP contribution in [0.5, 0.6) is 0 Å². The van der Waals surface area contributed by atoms with Crippen LogP contribution in [0.4, 0.5) is 8.78 Å². The summed E-state index contributed by atoms with van der Waals surface area (Å²) in [6, 6.07) is 7.96. The number of carbonyl (C=O) groups excluding carboxylic acids is 2. The molecule has 27 heavy (non-hydrogen) atoms. The van der Waals surface area contributed by atoms with Crippen LogP contribution in [0.3, 0.4) is 0 Å². The molecule has 2 N–H and O–H groups in total. The van der Waals surface area contributed by atoms with Crippen LogP contribution in [0, 0.1) is 11.6 Å². The Hall–Kier alpha value is -2.85. The molecule has 0 aliphatic rings. The van der Waals surface area contributed by atoms with Crippen molar-refractivity contribution in [1.29, 1.82) is 0 Å². The Labute approximate surface area is 155 Å². The van der Waals surface area contributed by atoms with Crippen molar-refractivity contribution < 1.29 is 26.8 Å². The quantitative estimate of drug-likeness (QED) is 0.742. The Morgan fingerprint density at radius 1 is 1.00 bits per heavy atom. The van der Waals surface area contributed by atoms with E-state index in [-0.39, 0.29) is 11.3 Å². The number of rotatable bonds is 5. The van der Waals surface area contributed by atoms with E-state index in [0.29, 0.717) is 5.56 Å². The van der Waals surface area contributed by atoms with Gasteiger partial charge in [-0.1, -0.05) is 12.1 Å². The molecule has 0 saturated heterocycles. The van der Waals surface area contributed by atoms with Crippen molar-refractivity contribution in [2.75, 3.05) is 14.1 Å². The second-order valence-corrected chi connectivity index (χ2v) is 7.89. The summed E-state index contributed by atoms with van der Waals surface area (Å²) in [7, 11) is -1.26. The highest BCUT2D eigenvalue weighted by atomic mass is 32.2. The maximum Gasteiger partial charge on any atom is 0.272 e. The first-order valence-electron chi connectivity index (χ1n) is 7.67. The first-order valence-corrected chi connectivity index (χ1v) is 9.11.